The van der Waals surface area contributed by atoms with Crippen molar-refractivity contribution in [3.63, 3.8) is 0 Å². The fourth-order valence-corrected chi connectivity index (χ4v) is 1.90. The van der Waals surface area contributed by atoms with Gasteiger partial charge in [0.25, 0.3) is 0 Å². The van der Waals surface area contributed by atoms with Gasteiger partial charge in [0, 0.05) is 6.04 Å². The number of benzene rings is 1. The normalized spacial score (nSPS) is 13.4. The van der Waals surface area contributed by atoms with Gasteiger partial charge in [-0.2, -0.15) is 0 Å². The number of nitrogens with two attached hydrogens (primary N) is 1. The quantitative estimate of drug-likeness (QED) is 0.867. The molecule has 1 aromatic rings. The summed E-state index contributed by atoms with van der Waals surface area (Å²) in [6.45, 7) is 3.83. The van der Waals surface area contributed by atoms with Gasteiger partial charge in [0.1, 0.15) is 0 Å². The molecule has 0 aliphatic heterocycles. The summed E-state index contributed by atoms with van der Waals surface area (Å²) in [6.07, 6.45) is 0. The number of carbonyl (C=O) groups excluding carboxylic acids is 1. The SMILES string of the molecule is CCOC(=O)C(c1ccc(Cl)c(Cl)c1)C(C)N.Cl. The molecule has 0 spiro atoms. The first-order chi connectivity index (χ1) is 7.97. The van der Waals surface area contributed by atoms with E-state index in [1.54, 1.807) is 32.0 Å². The number of esters is 1. The van der Waals surface area contributed by atoms with Crippen molar-refractivity contribution in [3.05, 3.63) is 33.8 Å². The Morgan fingerprint density at radius 1 is 1.39 bits per heavy atom. The van der Waals surface area contributed by atoms with Crippen molar-refractivity contribution in [2.45, 2.75) is 25.8 Å². The molecule has 0 bridgehead atoms. The molecule has 1 rings (SSSR count). The largest absolute Gasteiger partial charge is 0.465 e. The predicted octanol–water partition coefficient (Wildman–Crippen LogP) is 3.41. The lowest BCUT2D eigenvalue weighted by Gasteiger charge is -2.19. The van der Waals surface area contributed by atoms with Crippen LogP contribution in [0, 0.1) is 0 Å². The fourth-order valence-electron chi connectivity index (χ4n) is 1.59. The van der Waals surface area contributed by atoms with Crippen LogP contribution in [0.15, 0.2) is 18.2 Å². The summed E-state index contributed by atoms with van der Waals surface area (Å²) in [5, 5.41) is 0.849. The van der Waals surface area contributed by atoms with Crippen molar-refractivity contribution in [1.82, 2.24) is 0 Å². The molecule has 0 saturated heterocycles. The molecular weight excluding hydrogens is 296 g/mol. The highest BCUT2D eigenvalue weighted by Gasteiger charge is 2.26. The minimum atomic E-state index is -0.523. The molecule has 0 aliphatic carbocycles. The molecule has 102 valence electrons. The summed E-state index contributed by atoms with van der Waals surface area (Å²) in [5.74, 6) is -0.870. The first-order valence-corrected chi connectivity index (χ1v) is 6.10. The van der Waals surface area contributed by atoms with E-state index in [4.69, 9.17) is 33.7 Å². The first kappa shape index (κ1) is 17.5. The first-order valence-electron chi connectivity index (χ1n) is 5.34. The van der Waals surface area contributed by atoms with E-state index >= 15 is 0 Å². The van der Waals surface area contributed by atoms with Crippen molar-refractivity contribution >= 4 is 41.6 Å². The Hall–Kier alpha value is -0.480. The van der Waals surface area contributed by atoms with Crippen LogP contribution in [0.2, 0.25) is 10.0 Å². The number of ether oxygens (including phenoxy) is 1. The summed E-state index contributed by atoms with van der Waals surface area (Å²) >= 11 is 11.7. The third kappa shape index (κ3) is 4.32. The lowest BCUT2D eigenvalue weighted by molar-refractivity contribution is -0.145. The van der Waals surface area contributed by atoms with Gasteiger partial charge in [0.2, 0.25) is 0 Å². The maximum absolute atomic E-state index is 11.8. The van der Waals surface area contributed by atoms with Crippen LogP contribution in [0.25, 0.3) is 0 Å². The standard InChI is InChI=1S/C12H15Cl2NO2.ClH/c1-3-17-12(16)11(7(2)15)8-4-5-9(13)10(14)6-8;/h4-7,11H,3,15H2,1-2H3;1H. The second-order valence-electron chi connectivity index (χ2n) is 3.76. The lowest BCUT2D eigenvalue weighted by Crippen LogP contribution is -2.32. The van der Waals surface area contributed by atoms with E-state index < -0.39 is 5.92 Å². The van der Waals surface area contributed by atoms with Crippen molar-refractivity contribution < 1.29 is 9.53 Å². The highest BCUT2D eigenvalue weighted by Crippen LogP contribution is 2.28. The topological polar surface area (TPSA) is 52.3 Å². The Morgan fingerprint density at radius 3 is 2.44 bits per heavy atom. The molecule has 3 nitrogen and oxygen atoms in total. The summed E-state index contributed by atoms with van der Waals surface area (Å²) in [7, 11) is 0. The third-order valence-corrected chi connectivity index (χ3v) is 3.11. The van der Waals surface area contributed by atoms with Crippen LogP contribution >= 0.6 is 35.6 Å². The number of hydrogen-bond donors (Lipinski definition) is 1. The molecule has 2 N–H and O–H groups in total. The highest BCUT2D eigenvalue weighted by atomic mass is 35.5. The number of hydrogen-bond acceptors (Lipinski definition) is 3. The van der Waals surface area contributed by atoms with E-state index in [-0.39, 0.29) is 24.4 Å². The fraction of sp³-hybridized carbons (Fsp3) is 0.417. The van der Waals surface area contributed by atoms with Crippen molar-refractivity contribution in [2.75, 3.05) is 6.61 Å². The molecule has 0 aromatic heterocycles. The van der Waals surface area contributed by atoms with Gasteiger partial charge in [-0.25, -0.2) is 0 Å². The van der Waals surface area contributed by atoms with Crippen molar-refractivity contribution in [3.8, 4) is 0 Å². The number of halogens is 3. The molecule has 0 saturated carbocycles. The van der Waals surface area contributed by atoms with Gasteiger partial charge in [-0.05, 0) is 31.5 Å². The van der Waals surface area contributed by atoms with Gasteiger partial charge in [0.15, 0.2) is 0 Å². The van der Waals surface area contributed by atoms with Crippen LogP contribution in [0.3, 0.4) is 0 Å². The average Bonchev–Trinajstić information content (AvgIpc) is 2.23. The van der Waals surface area contributed by atoms with Crippen LogP contribution in [0.4, 0.5) is 0 Å². The maximum Gasteiger partial charge on any atom is 0.314 e. The molecule has 0 aliphatic rings. The van der Waals surface area contributed by atoms with E-state index in [2.05, 4.69) is 0 Å². The lowest BCUT2D eigenvalue weighted by atomic mass is 9.93. The van der Waals surface area contributed by atoms with Gasteiger partial charge in [-0.3, -0.25) is 4.79 Å². The smallest absolute Gasteiger partial charge is 0.314 e. The molecule has 18 heavy (non-hydrogen) atoms. The van der Waals surface area contributed by atoms with E-state index in [0.717, 1.165) is 0 Å². The minimum absolute atomic E-state index is 0. The van der Waals surface area contributed by atoms with Gasteiger partial charge in [-0.1, -0.05) is 29.3 Å². The third-order valence-electron chi connectivity index (χ3n) is 2.37. The van der Waals surface area contributed by atoms with Crippen LogP contribution in [-0.4, -0.2) is 18.6 Å². The Labute approximate surface area is 123 Å². The molecule has 1 aromatic carbocycles. The van der Waals surface area contributed by atoms with Gasteiger partial charge in [-0.15, -0.1) is 12.4 Å². The zero-order valence-electron chi connectivity index (χ0n) is 10.2. The van der Waals surface area contributed by atoms with Crippen molar-refractivity contribution in [2.24, 2.45) is 5.73 Å². The summed E-state index contributed by atoms with van der Waals surface area (Å²) < 4.78 is 4.99. The molecule has 0 heterocycles. The molecular formula is C12H16Cl3NO2. The zero-order valence-corrected chi connectivity index (χ0v) is 12.5. The Kier molecular flexibility index (Phi) is 7.64. The number of rotatable bonds is 4. The van der Waals surface area contributed by atoms with Gasteiger partial charge in [0.05, 0.1) is 22.6 Å². The summed E-state index contributed by atoms with van der Waals surface area (Å²) in [5.41, 5.74) is 6.53. The van der Waals surface area contributed by atoms with Crippen molar-refractivity contribution in [1.29, 1.82) is 0 Å². The minimum Gasteiger partial charge on any atom is -0.465 e. The van der Waals surface area contributed by atoms with Crippen LogP contribution in [0.5, 0.6) is 0 Å². The van der Waals surface area contributed by atoms with E-state index in [1.165, 1.54) is 0 Å². The molecule has 0 fully saturated rings. The number of carbonyl (C=O) groups is 1. The summed E-state index contributed by atoms with van der Waals surface area (Å²) in [6, 6.07) is 4.67. The van der Waals surface area contributed by atoms with E-state index in [1.807, 2.05) is 0 Å². The molecule has 6 heteroatoms. The maximum atomic E-state index is 11.8. The molecule has 0 amide bonds. The van der Waals surface area contributed by atoms with Gasteiger partial charge < -0.3 is 10.5 Å². The van der Waals surface area contributed by atoms with E-state index in [0.29, 0.717) is 22.2 Å². The molecule has 0 radical (unpaired) electrons. The predicted molar refractivity (Wildman–Crippen MR) is 76.7 cm³/mol. The Morgan fingerprint density at radius 2 is 2.00 bits per heavy atom. The Bertz CT molecular complexity index is 410. The monoisotopic (exact) mass is 311 g/mol. The van der Waals surface area contributed by atoms with Crippen LogP contribution < -0.4 is 5.73 Å². The summed E-state index contributed by atoms with van der Waals surface area (Å²) in [4.78, 5) is 11.8. The van der Waals surface area contributed by atoms with Crippen LogP contribution in [0.1, 0.15) is 25.3 Å². The van der Waals surface area contributed by atoms with Gasteiger partial charge >= 0.3 is 5.97 Å². The second-order valence-corrected chi connectivity index (χ2v) is 4.58. The molecule has 2 unspecified atom stereocenters. The second kappa shape index (κ2) is 7.85. The van der Waals surface area contributed by atoms with Crippen LogP contribution in [-0.2, 0) is 9.53 Å². The average molecular weight is 313 g/mol. The van der Waals surface area contributed by atoms with E-state index in [9.17, 15) is 4.79 Å². The zero-order chi connectivity index (χ0) is 13.0. The molecule has 2 atom stereocenters. The Balaban J connectivity index is 0.00000289. The highest BCUT2D eigenvalue weighted by molar-refractivity contribution is 6.42.